The predicted octanol–water partition coefficient (Wildman–Crippen LogP) is 17.6. The number of rotatable bonds is 48. The summed E-state index contributed by atoms with van der Waals surface area (Å²) < 4.78 is 16.8. The third kappa shape index (κ3) is 50.0. The van der Waals surface area contributed by atoms with E-state index in [-0.39, 0.29) is 37.5 Å². The van der Waals surface area contributed by atoms with Gasteiger partial charge in [-0.05, 0) is 83.5 Å². The van der Waals surface area contributed by atoms with E-state index in [0.717, 1.165) is 70.6 Å². The lowest BCUT2D eigenvalue weighted by Gasteiger charge is -2.18. The lowest BCUT2D eigenvalue weighted by atomic mass is 10.1. The molecule has 0 radical (unpaired) electrons. The minimum atomic E-state index is -0.796. The summed E-state index contributed by atoms with van der Waals surface area (Å²) >= 11 is 0. The third-order valence-corrected chi connectivity index (χ3v) is 11.5. The van der Waals surface area contributed by atoms with Gasteiger partial charge in [0.05, 0.1) is 0 Å². The maximum absolute atomic E-state index is 12.8. The molecule has 0 aromatic heterocycles. The number of allylic oxidation sites excluding steroid dienone is 10. The van der Waals surface area contributed by atoms with Crippen molar-refractivity contribution in [3.63, 3.8) is 0 Å². The molecular weight excluding hydrogens is 781 g/mol. The highest BCUT2D eigenvalue weighted by atomic mass is 16.6. The number of esters is 3. The molecule has 0 saturated heterocycles. The van der Waals surface area contributed by atoms with Crippen molar-refractivity contribution < 1.29 is 28.6 Å². The lowest BCUT2D eigenvalue weighted by molar-refractivity contribution is -0.167. The molecule has 0 spiro atoms. The number of carbonyl (C=O) groups is 3. The topological polar surface area (TPSA) is 78.9 Å². The SMILES string of the molecule is CCCCC/C=C\C/C=C\CCCCCCCCCC(=O)O[C@H](COC(=O)CCC/C=C\C/C=C\C/C=C\CCCCCCCC)COC(=O)CCCCCCCCCCCCC. The first kappa shape index (κ1) is 60.1. The van der Waals surface area contributed by atoms with Gasteiger partial charge in [0, 0.05) is 19.3 Å². The second-order valence-electron chi connectivity index (χ2n) is 17.8. The van der Waals surface area contributed by atoms with Crippen molar-refractivity contribution in [2.45, 2.75) is 271 Å². The number of unbranched alkanes of at least 4 members (excludes halogenated alkanes) is 27. The van der Waals surface area contributed by atoms with Crippen molar-refractivity contribution in [3.8, 4) is 0 Å². The van der Waals surface area contributed by atoms with Gasteiger partial charge in [-0.25, -0.2) is 0 Å². The standard InChI is InChI=1S/C57H100O6/c1-4-7-10-13-16-19-22-24-26-28-30-32-35-38-41-44-47-50-56(59)62-53-54(52-61-55(58)49-46-43-40-37-34-21-18-15-12-9-6-3)63-57(60)51-48-45-42-39-36-33-31-29-27-25-23-20-17-14-11-8-5-2/h17,20,24-27,30,32,38,41,54H,4-16,18-19,21-23,28-29,31,33-37,39-40,42-53H2,1-3H3/b20-17-,26-24-,27-25-,32-30-,41-38-/t54-/m0/s1. The van der Waals surface area contributed by atoms with E-state index in [4.69, 9.17) is 14.2 Å². The van der Waals surface area contributed by atoms with Gasteiger partial charge in [-0.2, -0.15) is 0 Å². The Bertz CT molecular complexity index is 1150. The van der Waals surface area contributed by atoms with E-state index in [1.807, 2.05) is 0 Å². The van der Waals surface area contributed by atoms with Crippen LogP contribution in [0, 0.1) is 0 Å². The molecule has 6 heteroatoms. The fourth-order valence-corrected chi connectivity index (χ4v) is 7.43. The number of hydrogen-bond donors (Lipinski definition) is 0. The predicted molar refractivity (Wildman–Crippen MR) is 270 cm³/mol. The van der Waals surface area contributed by atoms with E-state index in [2.05, 4.69) is 81.5 Å². The molecule has 6 nitrogen and oxygen atoms in total. The van der Waals surface area contributed by atoms with Crippen LogP contribution in [-0.2, 0) is 28.6 Å². The van der Waals surface area contributed by atoms with Gasteiger partial charge in [-0.15, -0.1) is 0 Å². The fraction of sp³-hybridized carbons (Fsp3) is 0.772. The molecule has 0 aliphatic carbocycles. The van der Waals surface area contributed by atoms with E-state index in [1.165, 1.54) is 148 Å². The van der Waals surface area contributed by atoms with E-state index < -0.39 is 6.10 Å². The molecule has 0 aliphatic heterocycles. The molecule has 0 heterocycles. The summed E-state index contributed by atoms with van der Waals surface area (Å²) in [5.74, 6) is -0.949. The smallest absolute Gasteiger partial charge is 0.306 e. The van der Waals surface area contributed by atoms with Crippen molar-refractivity contribution in [3.05, 3.63) is 60.8 Å². The molecule has 0 unspecified atom stereocenters. The quantitative estimate of drug-likeness (QED) is 0.0262. The van der Waals surface area contributed by atoms with Crippen LogP contribution in [0.15, 0.2) is 60.8 Å². The highest BCUT2D eigenvalue weighted by Crippen LogP contribution is 2.14. The first-order valence-corrected chi connectivity index (χ1v) is 26.8. The van der Waals surface area contributed by atoms with Gasteiger partial charge in [0.15, 0.2) is 6.10 Å². The Morgan fingerprint density at radius 1 is 0.317 bits per heavy atom. The Labute approximate surface area is 390 Å². The second kappa shape index (κ2) is 51.7. The number of hydrogen-bond acceptors (Lipinski definition) is 6. The zero-order valence-corrected chi connectivity index (χ0v) is 41.6. The summed E-state index contributed by atoms with van der Waals surface area (Å²) in [6, 6.07) is 0. The van der Waals surface area contributed by atoms with Crippen LogP contribution in [0.5, 0.6) is 0 Å². The summed E-state index contributed by atoms with van der Waals surface area (Å²) in [5.41, 5.74) is 0. The Kier molecular flexibility index (Phi) is 49.4. The van der Waals surface area contributed by atoms with Gasteiger partial charge < -0.3 is 14.2 Å². The molecule has 0 fully saturated rings. The van der Waals surface area contributed by atoms with Crippen molar-refractivity contribution in [2.24, 2.45) is 0 Å². The minimum absolute atomic E-state index is 0.0913. The number of ether oxygens (including phenoxy) is 3. The Balaban J connectivity index is 4.44. The van der Waals surface area contributed by atoms with Crippen LogP contribution < -0.4 is 0 Å². The van der Waals surface area contributed by atoms with Crippen molar-refractivity contribution in [2.75, 3.05) is 13.2 Å². The average molecular weight is 881 g/mol. The van der Waals surface area contributed by atoms with Crippen molar-refractivity contribution in [1.29, 1.82) is 0 Å². The molecular formula is C57H100O6. The first-order valence-electron chi connectivity index (χ1n) is 26.8. The van der Waals surface area contributed by atoms with Crippen LogP contribution in [0.2, 0.25) is 0 Å². The largest absolute Gasteiger partial charge is 0.462 e. The monoisotopic (exact) mass is 881 g/mol. The van der Waals surface area contributed by atoms with E-state index >= 15 is 0 Å². The normalized spacial score (nSPS) is 12.5. The summed E-state index contributed by atoms with van der Waals surface area (Å²) in [6.07, 6.45) is 63.5. The molecule has 0 aromatic rings. The molecule has 0 bridgehead atoms. The van der Waals surface area contributed by atoms with Crippen molar-refractivity contribution in [1.82, 2.24) is 0 Å². The van der Waals surface area contributed by atoms with Crippen LogP contribution >= 0.6 is 0 Å². The summed E-state index contributed by atoms with van der Waals surface area (Å²) in [6.45, 7) is 6.56. The Hall–Kier alpha value is -2.89. The minimum Gasteiger partial charge on any atom is -0.462 e. The van der Waals surface area contributed by atoms with Gasteiger partial charge in [-0.3, -0.25) is 14.4 Å². The third-order valence-electron chi connectivity index (χ3n) is 11.5. The number of carbonyl (C=O) groups excluding carboxylic acids is 3. The van der Waals surface area contributed by atoms with Gasteiger partial charge in [0.1, 0.15) is 13.2 Å². The molecule has 364 valence electrons. The molecule has 0 aromatic carbocycles. The first-order chi connectivity index (χ1) is 31.0. The van der Waals surface area contributed by atoms with Gasteiger partial charge in [0.25, 0.3) is 0 Å². The summed E-state index contributed by atoms with van der Waals surface area (Å²) in [7, 11) is 0. The van der Waals surface area contributed by atoms with Gasteiger partial charge >= 0.3 is 17.9 Å². The van der Waals surface area contributed by atoms with Crippen LogP contribution in [-0.4, -0.2) is 37.2 Å². The Morgan fingerprint density at radius 3 is 0.984 bits per heavy atom. The van der Waals surface area contributed by atoms with Crippen LogP contribution in [0.3, 0.4) is 0 Å². The van der Waals surface area contributed by atoms with Gasteiger partial charge in [-0.1, -0.05) is 223 Å². The van der Waals surface area contributed by atoms with Crippen LogP contribution in [0.4, 0.5) is 0 Å². The van der Waals surface area contributed by atoms with Crippen molar-refractivity contribution >= 4 is 17.9 Å². The molecule has 0 saturated carbocycles. The summed E-state index contributed by atoms with van der Waals surface area (Å²) in [4.78, 5) is 38.0. The molecule has 63 heavy (non-hydrogen) atoms. The second-order valence-corrected chi connectivity index (χ2v) is 17.8. The zero-order valence-electron chi connectivity index (χ0n) is 41.6. The van der Waals surface area contributed by atoms with E-state index in [9.17, 15) is 14.4 Å². The molecule has 1 atom stereocenters. The molecule has 0 aliphatic rings. The maximum atomic E-state index is 12.8. The maximum Gasteiger partial charge on any atom is 0.306 e. The van der Waals surface area contributed by atoms with E-state index in [0.29, 0.717) is 19.3 Å². The van der Waals surface area contributed by atoms with E-state index in [1.54, 1.807) is 0 Å². The highest BCUT2D eigenvalue weighted by Gasteiger charge is 2.19. The fourth-order valence-electron chi connectivity index (χ4n) is 7.43. The molecule has 0 amide bonds. The zero-order chi connectivity index (χ0) is 45.8. The summed E-state index contributed by atoms with van der Waals surface area (Å²) in [5, 5.41) is 0. The molecule has 0 N–H and O–H groups in total. The van der Waals surface area contributed by atoms with Crippen LogP contribution in [0.1, 0.15) is 265 Å². The Morgan fingerprint density at radius 2 is 0.587 bits per heavy atom. The lowest BCUT2D eigenvalue weighted by Crippen LogP contribution is -2.30. The average Bonchev–Trinajstić information content (AvgIpc) is 3.28. The molecule has 0 rings (SSSR count). The highest BCUT2D eigenvalue weighted by molar-refractivity contribution is 5.71. The van der Waals surface area contributed by atoms with Gasteiger partial charge in [0.2, 0.25) is 0 Å². The van der Waals surface area contributed by atoms with Crippen LogP contribution in [0.25, 0.3) is 0 Å².